The molecule has 1 aromatic heterocycles. The van der Waals surface area contributed by atoms with Crippen LogP contribution in [0.4, 0.5) is 11.8 Å². The third kappa shape index (κ3) is 3.12. The zero-order chi connectivity index (χ0) is 13.0. The van der Waals surface area contributed by atoms with Crippen molar-refractivity contribution in [3.63, 3.8) is 0 Å². The molecule has 0 aliphatic heterocycles. The van der Waals surface area contributed by atoms with E-state index < -0.39 is 0 Å². The predicted molar refractivity (Wildman–Crippen MR) is 76.2 cm³/mol. The van der Waals surface area contributed by atoms with E-state index in [-0.39, 0.29) is 0 Å². The maximum atomic E-state index is 4.60. The van der Waals surface area contributed by atoms with Crippen molar-refractivity contribution >= 4 is 11.8 Å². The molecule has 0 bridgehead atoms. The molecule has 0 saturated heterocycles. The highest BCUT2D eigenvalue weighted by atomic mass is 15.2. The molecular weight excluding hydrogens is 224 g/mol. The molecule has 4 nitrogen and oxygen atoms in total. The highest BCUT2D eigenvalue weighted by Gasteiger charge is 2.19. The maximum Gasteiger partial charge on any atom is 0.224 e. The summed E-state index contributed by atoms with van der Waals surface area (Å²) < 4.78 is 0. The van der Waals surface area contributed by atoms with Gasteiger partial charge < -0.3 is 10.2 Å². The number of hydrogen-bond acceptors (Lipinski definition) is 4. The third-order valence-corrected chi connectivity index (χ3v) is 3.66. The van der Waals surface area contributed by atoms with E-state index >= 15 is 0 Å². The Morgan fingerprint density at radius 3 is 2.67 bits per heavy atom. The smallest absolute Gasteiger partial charge is 0.224 e. The van der Waals surface area contributed by atoms with Gasteiger partial charge >= 0.3 is 0 Å². The van der Waals surface area contributed by atoms with Crippen molar-refractivity contribution in [3.8, 4) is 0 Å². The van der Waals surface area contributed by atoms with Gasteiger partial charge in [-0.2, -0.15) is 4.98 Å². The van der Waals surface area contributed by atoms with E-state index in [1.54, 1.807) is 0 Å². The molecule has 0 unspecified atom stereocenters. The van der Waals surface area contributed by atoms with E-state index in [1.165, 1.54) is 32.1 Å². The standard InChI is InChI=1S/C14H24N4/c1-4-15-14-16-11(2)10-13(17-14)18(3)12-8-6-5-7-9-12/h10,12H,4-9H2,1-3H3,(H,15,16,17). The SMILES string of the molecule is CCNc1nc(C)cc(N(C)C2CCCCC2)n1. The summed E-state index contributed by atoms with van der Waals surface area (Å²) in [6.07, 6.45) is 6.65. The number of nitrogens with one attached hydrogen (secondary N) is 1. The summed E-state index contributed by atoms with van der Waals surface area (Å²) in [7, 11) is 2.16. The quantitative estimate of drug-likeness (QED) is 0.889. The Labute approximate surface area is 110 Å². The molecule has 4 heteroatoms. The summed E-state index contributed by atoms with van der Waals surface area (Å²) in [6.45, 7) is 4.95. The monoisotopic (exact) mass is 248 g/mol. The Morgan fingerprint density at radius 2 is 2.00 bits per heavy atom. The Balaban J connectivity index is 2.15. The van der Waals surface area contributed by atoms with E-state index in [2.05, 4.69) is 40.2 Å². The molecule has 1 aromatic rings. The topological polar surface area (TPSA) is 41.1 Å². The second-order valence-corrected chi connectivity index (χ2v) is 5.12. The van der Waals surface area contributed by atoms with Crippen molar-refractivity contribution in [2.24, 2.45) is 0 Å². The van der Waals surface area contributed by atoms with E-state index in [1.807, 2.05) is 6.92 Å². The van der Waals surface area contributed by atoms with Crippen molar-refractivity contribution in [2.75, 3.05) is 23.8 Å². The summed E-state index contributed by atoms with van der Waals surface area (Å²) in [6, 6.07) is 2.72. The van der Waals surface area contributed by atoms with Gasteiger partial charge in [0.25, 0.3) is 0 Å². The first-order chi connectivity index (χ1) is 8.70. The Hall–Kier alpha value is -1.32. The van der Waals surface area contributed by atoms with Crippen LogP contribution in [-0.2, 0) is 0 Å². The van der Waals surface area contributed by atoms with Crippen LogP contribution in [0.25, 0.3) is 0 Å². The summed E-state index contributed by atoms with van der Waals surface area (Å²) in [5, 5.41) is 3.20. The van der Waals surface area contributed by atoms with E-state index in [0.29, 0.717) is 6.04 Å². The molecule has 0 radical (unpaired) electrons. The zero-order valence-corrected chi connectivity index (χ0v) is 11.7. The van der Waals surface area contributed by atoms with Crippen molar-refractivity contribution in [2.45, 2.75) is 52.0 Å². The molecule has 0 atom stereocenters. The van der Waals surface area contributed by atoms with Crippen LogP contribution in [0, 0.1) is 6.92 Å². The lowest BCUT2D eigenvalue weighted by molar-refractivity contribution is 0.426. The lowest BCUT2D eigenvalue weighted by Gasteiger charge is -2.32. The zero-order valence-electron chi connectivity index (χ0n) is 11.7. The fraction of sp³-hybridized carbons (Fsp3) is 0.714. The van der Waals surface area contributed by atoms with Gasteiger partial charge in [-0.25, -0.2) is 4.98 Å². The Bertz CT molecular complexity index is 385. The third-order valence-electron chi connectivity index (χ3n) is 3.66. The maximum absolute atomic E-state index is 4.60. The lowest BCUT2D eigenvalue weighted by Crippen LogP contribution is -2.34. The fourth-order valence-corrected chi connectivity index (χ4v) is 2.63. The summed E-state index contributed by atoms with van der Waals surface area (Å²) in [5.41, 5.74) is 1.03. The Kier molecular flexibility index (Phi) is 4.39. The minimum atomic E-state index is 0.641. The van der Waals surface area contributed by atoms with Gasteiger partial charge in [-0.15, -0.1) is 0 Å². The van der Waals surface area contributed by atoms with Gasteiger partial charge in [0.2, 0.25) is 5.95 Å². The predicted octanol–water partition coefficient (Wildman–Crippen LogP) is 2.99. The first-order valence-corrected chi connectivity index (χ1v) is 7.03. The minimum Gasteiger partial charge on any atom is -0.357 e. The number of nitrogens with zero attached hydrogens (tertiary/aromatic N) is 3. The van der Waals surface area contributed by atoms with Crippen LogP contribution in [-0.4, -0.2) is 29.6 Å². The van der Waals surface area contributed by atoms with Crippen LogP contribution < -0.4 is 10.2 Å². The van der Waals surface area contributed by atoms with Crippen LogP contribution in [0.3, 0.4) is 0 Å². The summed E-state index contributed by atoms with van der Waals surface area (Å²) >= 11 is 0. The average molecular weight is 248 g/mol. The van der Waals surface area contributed by atoms with Crippen LogP contribution in [0.15, 0.2) is 6.07 Å². The van der Waals surface area contributed by atoms with Gasteiger partial charge in [-0.05, 0) is 26.7 Å². The lowest BCUT2D eigenvalue weighted by atomic mass is 9.94. The van der Waals surface area contributed by atoms with E-state index in [0.717, 1.165) is 24.0 Å². The number of aromatic nitrogens is 2. The average Bonchev–Trinajstić information content (AvgIpc) is 2.38. The highest BCUT2D eigenvalue weighted by Crippen LogP contribution is 2.25. The molecular formula is C14H24N4. The molecule has 0 aromatic carbocycles. The fourth-order valence-electron chi connectivity index (χ4n) is 2.63. The van der Waals surface area contributed by atoms with Gasteiger partial charge in [-0.3, -0.25) is 0 Å². The van der Waals surface area contributed by atoms with Crippen molar-refractivity contribution in [1.29, 1.82) is 0 Å². The molecule has 1 N–H and O–H groups in total. The number of hydrogen-bond donors (Lipinski definition) is 1. The van der Waals surface area contributed by atoms with Crippen LogP contribution in [0.5, 0.6) is 0 Å². The number of aryl methyl sites for hydroxylation is 1. The van der Waals surface area contributed by atoms with Crippen LogP contribution >= 0.6 is 0 Å². The van der Waals surface area contributed by atoms with Crippen LogP contribution in [0.1, 0.15) is 44.7 Å². The molecule has 18 heavy (non-hydrogen) atoms. The van der Waals surface area contributed by atoms with Crippen molar-refractivity contribution in [3.05, 3.63) is 11.8 Å². The molecule has 1 saturated carbocycles. The van der Waals surface area contributed by atoms with Gasteiger partial charge in [0.05, 0.1) is 0 Å². The largest absolute Gasteiger partial charge is 0.357 e. The summed E-state index contributed by atoms with van der Waals surface area (Å²) in [5.74, 6) is 1.79. The molecule has 0 spiro atoms. The normalized spacial score (nSPS) is 16.6. The molecule has 1 aliphatic carbocycles. The molecule has 2 rings (SSSR count). The van der Waals surface area contributed by atoms with Gasteiger partial charge in [0.15, 0.2) is 0 Å². The summed E-state index contributed by atoms with van der Waals surface area (Å²) in [4.78, 5) is 11.3. The minimum absolute atomic E-state index is 0.641. The first-order valence-electron chi connectivity index (χ1n) is 7.03. The van der Waals surface area contributed by atoms with E-state index in [9.17, 15) is 0 Å². The first kappa shape index (κ1) is 13.1. The van der Waals surface area contributed by atoms with Crippen LogP contribution in [0.2, 0.25) is 0 Å². The second kappa shape index (κ2) is 6.03. The molecule has 1 aliphatic rings. The number of anilines is 2. The molecule has 100 valence electrons. The van der Waals surface area contributed by atoms with Crippen molar-refractivity contribution in [1.82, 2.24) is 9.97 Å². The Morgan fingerprint density at radius 1 is 1.28 bits per heavy atom. The number of rotatable bonds is 4. The van der Waals surface area contributed by atoms with Gasteiger partial charge in [0, 0.05) is 31.4 Å². The van der Waals surface area contributed by atoms with E-state index in [4.69, 9.17) is 0 Å². The highest BCUT2D eigenvalue weighted by molar-refractivity contribution is 5.45. The van der Waals surface area contributed by atoms with Gasteiger partial charge in [-0.1, -0.05) is 19.3 Å². The second-order valence-electron chi connectivity index (χ2n) is 5.12. The molecule has 1 heterocycles. The van der Waals surface area contributed by atoms with Crippen molar-refractivity contribution < 1.29 is 0 Å². The molecule has 0 amide bonds. The van der Waals surface area contributed by atoms with Gasteiger partial charge in [0.1, 0.15) is 5.82 Å². The molecule has 1 fully saturated rings.